The van der Waals surface area contributed by atoms with E-state index in [-0.39, 0.29) is 18.2 Å². The Balaban J connectivity index is 1.91. The minimum Gasteiger partial charge on any atom is -0.378 e. The number of carbonyl (C=O) groups is 3. The summed E-state index contributed by atoms with van der Waals surface area (Å²) >= 11 is 0. The van der Waals surface area contributed by atoms with Crippen LogP contribution in [0, 0.1) is 0 Å². The summed E-state index contributed by atoms with van der Waals surface area (Å²) in [4.78, 5) is 43.3. The van der Waals surface area contributed by atoms with E-state index in [1.807, 2.05) is 73.6 Å². The number of carbonyl (C=O) groups excluding carboxylic acids is 3. The van der Waals surface area contributed by atoms with Gasteiger partial charge in [0.15, 0.2) is 0 Å². The maximum absolute atomic E-state index is 13.1. The SMILES string of the molecule is CC(C)N1C(=O)/C(=C\c2ccc(N(C)C)cc2)C(=O)N(CCc2ccccc2)C1=O. The number of benzene rings is 2. The minimum atomic E-state index is -0.559. The lowest BCUT2D eigenvalue weighted by molar-refractivity contribution is -0.136. The number of amides is 4. The van der Waals surface area contributed by atoms with Crippen molar-refractivity contribution in [1.29, 1.82) is 0 Å². The third-order valence-electron chi connectivity index (χ3n) is 5.07. The molecule has 30 heavy (non-hydrogen) atoms. The van der Waals surface area contributed by atoms with Crippen molar-refractivity contribution < 1.29 is 14.4 Å². The van der Waals surface area contributed by atoms with Crippen LogP contribution in [0.1, 0.15) is 25.0 Å². The number of rotatable bonds is 6. The van der Waals surface area contributed by atoms with E-state index in [9.17, 15) is 14.4 Å². The highest BCUT2D eigenvalue weighted by atomic mass is 16.2. The van der Waals surface area contributed by atoms with E-state index in [2.05, 4.69) is 0 Å². The van der Waals surface area contributed by atoms with Gasteiger partial charge < -0.3 is 4.90 Å². The molecule has 2 aromatic rings. The number of urea groups is 1. The van der Waals surface area contributed by atoms with Crippen LogP contribution in [0.4, 0.5) is 10.5 Å². The summed E-state index contributed by atoms with van der Waals surface area (Å²) in [6.07, 6.45) is 2.10. The number of anilines is 1. The lowest BCUT2D eigenvalue weighted by atomic mass is 10.0. The van der Waals surface area contributed by atoms with Crippen LogP contribution in [0.25, 0.3) is 6.08 Å². The third kappa shape index (κ3) is 4.43. The fourth-order valence-electron chi connectivity index (χ4n) is 3.37. The summed E-state index contributed by atoms with van der Waals surface area (Å²) < 4.78 is 0. The summed E-state index contributed by atoms with van der Waals surface area (Å²) in [6.45, 7) is 3.75. The Bertz CT molecular complexity index is 963. The van der Waals surface area contributed by atoms with Crippen LogP contribution in [-0.4, -0.2) is 54.3 Å². The van der Waals surface area contributed by atoms with E-state index in [0.717, 1.165) is 21.7 Å². The van der Waals surface area contributed by atoms with E-state index in [1.54, 1.807) is 19.9 Å². The van der Waals surface area contributed by atoms with Gasteiger partial charge in [0.2, 0.25) is 0 Å². The second-order valence-corrected chi connectivity index (χ2v) is 7.79. The zero-order valence-electron chi connectivity index (χ0n) is 17.8. The van der Waals surface area contributed by atoms with Gasteiger partial charge in [-0.25, -0.2) is 4.79 Å². The van der Waals surface area contributed by atoms with Crippen molar-refractivity contribution in [1.82, 2.24) is 9.80 Å². The molecule has 1 saturated heterocycles. The highest BCUT2D eigenvalue weighted by Crippen LogP contribution is 2.23. The summed E-state index contributed by atoms with van der Waals surface area (Å²) in [5.41, 5.74) is 2.78. The fourth-order valence-corrected chi connectivity index (χ4v) is 3.37. The minimum absolute atomic E-state index is 0.00830. The van der Waals surface area contributed by atoms with Crippen molar-refractivity contribution in [3.8, 4) is 0 Å². The maximum Gasteiger partial charge on any atom is 0.334 e. The predicted octanol–water partition coefficient (Wildman–Crippen LogP) is 3.58. The molecule has 0 unspecified atom stereocenters. The molecule has 0 saturated carbocycles. The standard InChI is InChI=1S/C24H27N3O3/c1-17(2)27-23(29)21(16-19-10-12-20(13-11-19)25(3)4)22(28)26(24(27)30)15-14-18-8-6-5-7-9-18/h5-13,16-17H,14-15H2,1-4H3/b21-16-. The van der Waals surface area contributed by atoms with Crippen LogP contribution < -0.4 is 4.90 Å². The van der Waals surface area contributed by atoms with E-state index < -0.39 is 17.8 Å². The van der Waals surface area contributed by atoms with Gasteiger partial charge in [0, 0.05) is 32.4 Å². The van der Waals surface area contributed by atoms with Gasteiger partial charge in [-0.2, -0.15) is 0 Å². The van der Waals surface area contributed by atoms with Crippen molar-refractivity contribution in [3.05, 3.63) is 71.3 Å². The van der Waals surface area contributed by atoms with Crippen molar-refractivity contribution in [3.63, 3.8) is 0 Å². The smallest absolute Gasteiger partial charge is 0.334 e. The Kier molecular flexibility index (Phi) is 6.35. The zero-order chi connectivity index (χ0) is 21.8. The van der Waals surface area contributed by atoms with Crippen LogP contribution >= 0.6 is 0 Å². The summed E-state index contributed by atoms with van der Waals surface area (Å²) in [7, 11) is 3.89. The zero-order valence-corrected chi connectivity index (χ0v) is 17.8. The highest BCUT2D eigenvalue weighted by Gasteiger charge is 2.42. The fraction of sp³-hybridized carbons (Fsp3) is 0.292. The Morgan fingerprint density at radius 2 is 1.53 bits per heavy atom. The van der Waals surface area contributed by atoms with Gasteiger partial charge in [0.05, 0.1) is 0 Å². The predicted molar refractivity (Wildman–Crippen MR) is 118 cm³/mol. The first-order chi connectivity index (χ1) is 14.3. The molecule has 6 heteroatoms. The van der Waals surface area contributed by atoms with Crippen LogP contribution in [0.5, 0.6) is 0 Å². The molecule has 0 spiro atoms. The molecule has 1 fully saturated rings. The van der Waals surface area contributed by atoms with Gasteiger partial charge in [0.1, 0.15) is 5.57 Å². The van der Waals surface area contributed by atoms with E-state index >= 15 is 0 Å². The Hall–Kier alpha value is -3.41. The number of hydrogen-bond donors (Lipinski definition) is 0. The quantitative estimate of drug-likeness (QED) is 0.544. The first kappa shape index (κ1) is 21.3. The molecule has 6 nitrogen and oxygen atoms in total. The Labute approximate surface area is 177 Å². The normalized spacial score (nSPS) is 16.0. The monoisotopic (exact) mass is 405 g/mol. The summed E-state index contributed by atoms with van der Waals surface area (Å²) in [6, 6.07) is 16.3. The molecule has 0 radical (unpaired) electrons. The molecule has 3 rings (SSSR count). The largest absolute Gasteiger partial charge is 0.378 e. The summed E-state index contributed by atoms with van der Waals surface area (Å²) in [5, 5.41) is 0. The molecular weight excluding hydrogens is 378 g/mol. The van der Waals surface area contributed by atoms with Gasteiger partial charge >= 0.3 is 6.03 Å². The number of imide groups is 2. The molecule has 0 atom stereocenters. The molecule has 0 aromatic heterocycles. The van der Waals surface area contributed by atoms with Crippen LogP contribution in [0.2, 0.25) is 0 Å². The van der Waals surface area contributed by atoms with Crippen LogP contribution in [-0.2, 0) is 16.0 Å². The van der Waals surface area contributed by atoms with Gasteiger partial charge in [-0.3, -0.25) is 19.4 Å². The number of barbiturate groups is 1. The van der Waals surface area contributed by atoms with Gasteiger partial charge in [-0.1, -0.05) is 42.5 Å². The van der Waals surface area contributed by atoms with Crippen molar-refractivity contribution in [2.24, 2.45) is 0 Å². The summed E-state index contributed by atoms with van der Waals surface area (Å²) in [5.74, 6) is -1.10. The first-order valence-electron chi connectivity index (χ1n) is 10.0. The third-order valence-corrected chi connectivity index (χ3v) is 5.07. The van der Waals surface area contributed by atoms with E-state index in [0.29, 0.717) is 6.42 Å². The molecule has 1 aliphatic rings. The molecule has 0 aliphatic carbocycles. The van der Waals surface area contributed by atoms with Crippen LogP contribution in [0.3, 0.4) is 0 Å². The Morgan fingerprint density at radius 1 is 0.900 bits per heavy atom. The van der Waals surface area contributed by atoms with Crippen molar-refractivity contribution >= 4 is 29.6 Å². The van der Waals surface area contributed by atoms with E-state index in [4.69, 9.17) is 0 Å². The topological polar surface area (TPSA) is 60.9 Å². The van der Waals surface area contributed by atoms with Crippen molar-refractivity contribution in [2.45, 2.75) is 26.3 Å². The van der Waals surface area contributed by atoms with E-state index in [1.165, 1.54) is 4.90 Å². The Morgan fingerprint density at radius 3 is 2.10 bits per heavy atom. The molecular formula is C24H27N3O3. The second-order valence-electron chi connectivity index (χ2n) is 7.79. The molecule has 2 aromatic carbocycles. The molecule has 1 heterocycles. The van der Waals surface area contributed by atoms with Gasteiger partial charge in [-0.05, 0) is 49.6 Å². The average molecular weight is 405 g/mol. The second kappa shape index (κ2) is 8.95. The first-order valence-corrected chi connectivity index (χ1v) is 10.0. The molecule has 156 valence electrons. The number of nitrogens with zero attached hydrogens (tertiary/aromatic N) is 3. The van der Waals surface area contributed by atoms with Crippen molar-refractivity contribution in [2.75, 3.05) is 25.5 Å². The molecule has 0 bridgehead atoms. The molecule has 0 N–H and O–H groups in total. The highest BCUT2D eigenvalue weighted by molar-refractivity contribution is 6.31. The average Bonchev–Trinajstić information content (AvgIpc) is 2.72. The lowest BCUT2D eigenvalue weighted by Gasteiger charge is -2.36. The maximum atomic E-state index is 13.1. The van der Waals surface area contributed by atoms with Gasteiger partial charge in [0.25, 0.3) is 11.8 Å². The van der Waals surface area contributed by atoms with Crippen LogP contribution in [0.15, 0.2) is 60.2 Å². The molecule has 1 aliphatic heterocycles. The van der Waals surface area contributed by atoms with Gasteiger partial charge in [-0.15, -0.1) is 0 Å². The number of hydrogen-bond acceptors (Lipinski definition) is 4. The molecule has 4 amide bonds. The lowest BCUT2D eigenvalue weighted by Crippen LogP contribution is -2.58.